The molecule has 1 unspecified atom stereocenters. The van der Waals surface area contributed by atoms with Crippen LogP contribution in [0.3, 0.4) is 0 Å². The summed E-state index contributed by atoms with van der Waals surface area (Å²) in [5.41, 5.74) is 0.145. The predicted molar refractivity (Wildman–Crippen MR) is 122 cm³/mol. The Labute approximate surface area is 192 Å². The number of hydrogen-bond acceptors (Lipinski definition) is 4. The Hall–Kier alpha value is -1.14. The Bertz CT molecular complexity index is 727. The highest BCUT2D eigenvalue weighted by molar-refractivity contribution is 5.81. The van der Waals surface area contributed by atoms with Crippen LogP contribution in [0.2, 0.25) is 0 Å². The minimum atomic E-state index is -1.02. The van der Waals surface area contributed by atoms with Gasteiger partial charge in [-0.2, -0.15) is 0 Å². The minimum Gasteiger partial charge on any atom is -0.480 e. The molecular weight excluding hydrogens is 406 g/mol. The molecule has 4 saturated carbocycles. The third-order valence-corrected chi connectivity index (χ3v) is 10.8. The fraction of sp³-hybridized carbons (Fsp3) is 0.923. The summed E-state index contributed by atoms with van der Waals surface area (Å²) < 4.78 is 0. The van der Waals surface area contributed by atoms with Gasteiger partial charge < -0.3 is 20.6 Å². The van der Waals surface area contributed by atoms with Crippen LogP contribution in [0.1, 0.15) is 85.0 Å². The Morgan fingerprint density at radius 1 is 1.03 bits per heavy atom. The molecule has 4 fully saturated rings. The third kappa shape index (κ3) is 4.00. The number of amides is 1. The van der Waals surface area contributed by atoms with Gasteiger partial charge >= 0.3 is 5.97 Å². The number of fused-ring (bicyclic) bond motifs is 5. The van der Waals surface area contributed by atoms with Gasteiger partial charge in [-0.15, -0.1) is 0 Å². The summed E-state index contributed by atoms with van der Waals surface area (Å²) in [6, 6.07) is 0. The molecule has 182 valence electrons. The van der Waals surface area contributed by atoms with Gasteiger partial charge in [0.15, 0.2) is 0 Å². The molecule has 6 nitrogen and oxygen atoms in total. The molecule has 0 aromatic carbocycles. The van der Waals surface area contributed by atoms with E-state index in [0.29, 0.717) is 41.9 Å². The third-order valence-electron chi connectivity index (χ3n) is 10.8. The normalized spacial score (nSPS) is 46.5. The molecule has 1 amide bonds. The van der Waals surface area contributed by atoms with Gasteiger partial charge in [-0.05, 0) is 104 Å². The number of carboxylic acids is 1. The molecule has 0 aromatic rings. The lowest BCUT2D eigenvalue weighted by atomic mass is 9.43. The van der Waals surface area contributed by atoms with Crippen LogP contribution in [0.15, 0.2) is 0 Å². The van der Waals surface area contributed by atoms with Crippen LogP contribution in [-0.2, 0) is 9.59 Å². The molecule has 6 heteroatoms. The van der Waals surface area contributed by atoms with Crippen molar-refractivity contribution in [1.82, 2.24) is 5.32 Å². The fourth-order valence-electron chi connectivity index (χ4n) is 8.98. The number of nitrogens with one attached hydrogen (secondary N) is 1. The van der Waals surface area contributed by atoms with Gasteiger partial charge in [-0.3, -0.25) is 9.59 Å². The van der Waals surface area contributed by atoms with E-state index in [1.54, 1.807) is 0 Å². The van der Waals surface area contributed by atoms with Gasteiger partial charge in [-0.25, -0.2) is 0 Å². The molecule has 0 bridgehead atoms. The summed E-state index contributed by atoms with van der Waals surface area (Å²) in [6.07, 6.45) is 9.12. The van der Waals surface area contributed by atoms with Gasteiger partial charge in [0.2, 0.25) is 5.91 Å². The molecule has 32 heavy (non-hydrogen) atoms. The molecule has 0 aliphatic heterocycles. The zero-order valence-corrected chi connectivity index (χ0v) is 20.1. The van der Waals surface area contributed by atoms with E-state index >= 15 is 0 Å². The molecule has 4 rings (SSSR count). The highest BCUT2D eigenvalue weighted by atomic mass is 16.4. The van der Waals surface area contributed by atoms with Gasteiger partial charge in [-0.1, -0.05) is 20.8 Å². The quantitative estimate of drug-likeness (QED) is 0.496. The Morgan fingerprint density at radius 2 is 1.78 bits per heavy atom. The van der Waals surface area contributed by atoms with E-state index in [4.69, 9.17) is 5.11 Å². The monoisotopic (exact) mass is 449 g/mol. The smallest absolute Gasteiger partial charge is 0.322 e. The van der Waals surface area contributed by atoms with Crippen LogP contribution in [0.25, 0.3) is 0 Å². The molecule has 10 atom stereocenters. The summed E-state index contributed by atoms with van der Waals surface area (Å²) >= 11 is 0. The van der Waals surface area contributed by atoms with E-state index in [1.165, 1.54) is 12.8 Å². The first-order chi connectivity index (χ1) is 15.1. The maximum atomic E-state index is 12.0. The number of rotatable bonds is 6. The second kappa shape index (κ2) is 8.90. The van der Waals surface area contributed by atoms with Crippen molar-refractivity contribution in [3.05, 3.63) is 0 Å². The number of carbonyl (C=O) groups excluding carboxylic acids is 1. The topological polar surface area (TPSA) is 107 Å². The lowest BCUT2D eigenvalue weighted by Crippen LogP contribution is -2.58. The highest BCUT2D eigenvalue weighted by Gasteiger charge is 2.63. The summed E-state index contributed by atoms with van der Waals surface area (Å²) in [4.78, 5) is 22.7. The predicted octanol–water partition coefficient (Wildman–Crippen LogP) is 3.59. The SMILES string of the molecule is C[C@H](CCC(=O)NCC(=O)O)[C@H]1CC[C@H]2[C@@H]3CC[C@@H]4C[C@H](O)CCC4(C)[C@H]3C[C@H](O)[C@]12C. The number of aliphatic carboxylic acids is 1. The van der Waals surface area contributed by atoms with Crippen molar-refractivity contribution >= 4 is 11.9 Å². The summed E-state index contributed by atoms with van der Waals surface area (Å²) in [5.74, 6) is 1.84. The van der Waals surface area contributed by atoms with Crippen molar-refractivity contribution in [1.29, 1.82) is 0 Å². The van der Waals surface area contributed by atoms with E-state index in [2.05, 4.69) is 26.1 Å². The zero-order valence-electron chi connectivity index (χ0n) is 20.1. The Kier molecular flexibility index (Phi) is 6.68. The van der Waals surface area contributed by atoms with E-state index in [0.717, 1.165) is 44.9 Å². The van der Waals surface area contributed by atoms with Gasteiger partial charge in [0.1, 0.15) is 6.54 Å². The van der Waals surface area contributed by atoms with E-state index in [9.17, 15) is 19.8 Å². The molecule has 4 aliphatic rings. The molecule has 0 saturated heterocycles. The van der Waals surface area contributed by atoms with Gasteiger partial charge in [0.25, 0.3) is 0 Å². The second-order valence-electron chi connectivity index (χ2n) is 12.1. The van der Waals surface area contributed by atoms with Crippen molar-refractivity contribution in [2.45, 2.75) is 97.2 Å². The number of aliphatic hydroxyl groups is 2. The second-order valence-corrected chi connectivity index (χ2v) is 12.1. The summed E-state index contributed by atoms with van der Waals surface area (Å²) in [6.45, 7) is 6.65. The molecule has 4 N–H and O–H groups in total. The van der Waals surface area contributed by atoms with Crippen LogP contribution in [0, 0.1) is 46.3 Å². The van der Waals surface area contributed by atoms with Gasteiger partial charge in [0.05, 0.1) is 12.2 Å². The van der Waals surface area contributed by atoms with Crippen molar-refractivity contribution in [2.75, 3.05) is 6.54 Å². The maximum absolute atomic E-state index is 12.0. The summed E-state index contributed by atoms with van der Waals surface area (Å²) in [5, 5.41) is 33.0. The van der Waals surface area contributed by atoms with Crippen molar-refractivity contribution in [3.63, 3.8) is 0 Å². The minimum absolute atomic E-state index is 0.102. The number of aliphatic hydroxyl groups excluding tert-OH is 2. The van der Waals surface area contributed by atoms with Crippen molar-refractivity contribution in [3.8, 4) is 0 Å². The van der Waals surface area contributed by atoms with E-state index in [-0.39, 0.29) is 35.5 Å². The molecule has 0 spiro atoms. The summed E-state index contributed by atoms with van der Waals surface area (Å²) in [7, 11) is 0. The van der Waals surface area contributed by atoms with Crippen LogP contribution in [-0.4, -0.2) is 45.9 Å². The number of carbonyl (C=O) groups is 2. The van der Waals surface area contributed by atoms with Crippen molar-refractivity contribution in [2.24, 2.45) is 46.3 Å². The Balaban J connectivity index is 1.45. The lowest BCUT2D eigenvalue weighted by Gasteiger charge is -2.62. The first-order valence-corrected chi connectivity index (χ1v) is 12.9. The molecule has 0 heterocycles. The lowest BCUT2D eigenvalue weighted by molar-refractivity contribution is -0.175. The first kappa shape index (κ1) is 24.0. The van der Waals surface area contributed by atoms with Gasteiger partial charge in [0, 0.05) is 6.42 Å². The zero-order chi connectivity index (χ0) is 23.3. The Morgan fingerprint density at radius 3 is 2.50 bits per heavy atom. The highest BCUT2D eigenvalue weighted by Crippen LogP contribution is 2.68. The molecule has 0 aromatic heterocycles. The van der Waals surface area contributed by atoms with E-state index in [1.807, 2.05) is 0 Å². The van der Waals surface area contributed by atoms with Crippen LogP contribution >= 0.6 is 0 Å². The first-order valence-electron chi connectivity index (χ1n) is 12.9. The van der Waals surface area contributed by atoms with E-state index < -0.39 is 5.97 Å². The maximum Gasteiger partial charge on any atom is 0.322 e. The van der Waals surface area contributed by atoms with Crippen LogP contribution < -0.4 is 5.32 Å². The standard InChI is InChI=1S/C26H43NO5/c1-15(4-9-23(30)27-14-24(31)32)19-7-8-20-18-6-5-16-12-17(28)10-11-25(16,2)21(18)13-22(29)26(19,20)3/h15-22,28-29H,4-14H2,1-3H3,(H,27,30)(H,31,32)/t15-,16-,17-,18+,19-,20+,21+,22+,25?,26-/m1/s1. The fourth-order valence-corrected chi connectivity index (χ4v) is 8.98. The average Bonchev–Trinajstić information content (AvgIpc) is 3.10. The molecule has 4 aliphatic carbocycles. The molecular formula is C26H43NO5. The molecule has 0 radical (unpaired) electrons. The number of hydrogen-bond donors (Lipinski definition) is 4. The van der Waals surface area contributed by atoms with Crippen molar-refractivity contribution < 1.29 is 24.9 Å². The number of carboxylic acid groups (broad SMARTS) is 1. The van der Waals surface area contributed by atoms with Crippen LogP contribution in [0.4, 0.5) is 0 Å². The largest absolute Gasteiger partial charge is 0.480 e. The average molecular weight is 450 g/mol. The van der Waals surface area contributed by atoms with Crippen LogP contribution in [0.5, 0.6) is 0 Å².